The van der Waals surface area contributed by atoms with Crippen LogP contribution in [0.4, 0.5) is 11.4 Å². The van der Waals surface area contributed by atoms with Crippen molar-refractivity contribution >= 4 is 19.0 Å². The van der Waals surface area contributed by atoms with Crippen LogP contribution in [0.5, 0.6) is 0 Å². The zero-order valence-corrected chi connectivity index (χ0v) is 13.3. The summed E-state index contributed by atoms with van der Waals surface area (Å²) >= 11 is 0. The van der Waals surface area contributed by atoms with Gasteiger partial charge in [0.15, 0.2) is 0 Å². The topological polar surface area (TPSA) is 26.8 Å². The van der Waals surface area contributed by atoms with Crippen LogP contribution in [0.3, 0.4) is 0 Å². The van der Waals surface area contributed by atoms with E-state index in [1.807, 2.05) is 88.8 Å². The number of benzene rings is 2. The van der Waals surface area contributed by atoms with Crippen molar-refractivity contribution in [3.8, 4) is 0 Å². The molecule has 2 aromatic rings. The van der Waals surface area contributed by atoms with E-state index in [1.54, 1.807) is 0 Å². The summed E-state index contributed by atoms with van der Waals surface area (Å²) in [4.78, 5) is 0. The summed E-state index contributed by atoms with van der Waals surface area (Å²) in [5, 5.41) is 0. The summed E-state index contributed by atoms with van der Waals surface area (Å²) in [6.45, 7) is 1.62. The highest BCUT2D eigenvalue weighted by atomic mass is 31.2. The van der Waals surface area contributed by atoms with Crippen LogP contribution in [0.2, 0.25) is 0 Å². The van der Waals surface area contributed by atoms with Crippen molar-refractivity contribution in [2.24, 2.45) is 0 Å². The van der Waals surface area contributed by atoms with E-state index in [9.17, 15) is 4.57 Å². The Hall–Kier alpha value is -1.61. The van der Waals surface area contributed by atoms with E-state index in [2.05, 4.69) is 0 Å². The van der Waals surface area contributed by atoms with Gasteiger partial charge in [-0.25, -0.2) is 9.34 Å². The molecule has 0 N–H and O–H groups in total. The number of hydrogen-bond donors (Lipinski definition) is 0. The van der Waals surface area contributed by atoms with Gasteiger partial charge < -0.3 is 0 Å². The molecule has 1 heterocycles. The maximum atomic E-state index is 13.8. The Balaban J connectivity index is 2.16. The van der Waals surface area contributed by atoms with Crippen LogP contribution in [-0.2, 0) is 4.57 Å². The van der Waals surface area contributed by atoms with Crippen molar-refractivity contribution in [1.29, 1.82) is 0 Å². The third-order valence-electron chi connectivity index (χ3n) is 3.90. The summed E-state index contributed by atoms with van der Waals surface area (Å²) in [6, 6.07) is 19.9. The Morgan fingerprint density at radius 2 is 1.19 bits per heavy atom. The first kappa shape index (κ1) is 14.3. The lowest BCUT2D eigenvalue weighted by Gasteiger charge is -2.37. The molecule has 2 aromatic carbocycles. The third kappa shape index (κ3) is 2.40. The molecule has 0 bridgehead atoms. The molecular formula is C16H20N3OP. The summed E-state index contributed by atoms with van der Waals surface area (Å²) in [5.41, 5.74) is 1.90. The van der Waals surface area contributed by atoms with E-state index in [-0.39, 0.29) is 0 Å². The fraction of sp³-hybridized carbons (Fsp3) is 0.250. The minimum atomic E-state index is -2.81. The van der Waals surface area contributed by atoms with Gasteiger partial charge >= 0.3 is 7.59 Å². The van der Waals surface area contributed by atoms with Gasteiger partial charge in [-0.2, -0.15) is 0 Å². The SMILES string of the molecule is CN1CCN(C)P1(=O)N(c1ccccc1)c1ccccc1. The average Bonchev–Trinajstić information content (AvgIpc) is 2.78. The normalized spacial score (nSPS) is 18.8. The number of rotatable bonds is 3. The summed E-state index contributed by atoms with van der Waals surface area (Å²) in [7, 11) is 1.06. The van der Waals surface area contributed by atoms with Gasteiger partial charge in [-0.05, 0) is 38.4 Å². The molecule has 0 atom stereocenters. The predicted molar refractivity (Wildman–Crippen MR) is 87.9 cm³/mol. The number of anilines is 2. The Morgan fingerprint density at radius 3 is 1.57 bits per heavy atom. The fourth-order valence-electron chi connectivity index (χ4n) is 2.70. The summed E-state index contributed by atoms with van der Waals surface area (Å²) in [5.74, 6) is 0. The van der Waals surface area contributed by atoms with E-state index in [0.717, 1.165) is 24.5 Å². The van der Waals surface area contributed by atoms with Gasteiger partial charge in [0.05, 0.1) is 0 Å². The van der Waals surface area contributed by atoms with Crippen molar-refractivity contribution in [1.82, 2.24) is 9.34 Å². The smallest absolute Gasteiger partial charge is 0.268 e. The van der Waals surface area contributed by atoms with E-state index in [0.29, 0.717) is 0 Å². The zero-order chi connectivity index (χ0) is 14.9. The molecular weight excluding hydrogens is 281 g/mol. The van der Waals surface area contributed by atoms with Gasteiger partial charge in [0.25, 0.3) is 0 Å². The van der Waals surface area contributed by atoms with E-state index in [4.69, 9.17) is 0 Å². The predicted octanol–water partition coefficient (Wildman–Crippen LogP) is 3.81. The first-order chi connectivity index (χ1) is 10.1. The zero-order valence-electron chi connectivity index (χ0n) is 12.4. The maximum Gasteiger partial charge on any atom is 0.315 e. The molecule has 3 rings (SSSR count). The highest BCUT2D eigenvalue weighted by Gasteiger charge is 2.44. The van der Waals surface area contributed by atoms with E-state index >= 15 is 0 Å². The van der Waals surface area contributed by atoms with Crippen molar-refractivity contribution in [3.05, 3.63) is 60.7 Å². The van der Waals surface area contributed by atoms with Gasteiger partial charge in [-0.15, -0.1) is 0 Å². The van der Waals surface area contributed by atoms with Crippen molar-refractivity contribution in [2.75, 3.05) is 31.9 Å². The van der Waals surface area contributed by atoms with E-state index in [1.165, 1.54) is 0 Å². The molecule has 5 heteroatoms. The lowest BCUT2D eigenvalue weighted by Crippen LogP contribution is -2.27. The molecule has 4 nitrogen and oxygen atoms in total. The Kier molecular flexibility index (Phi) is 3.85. The van der Waals surface area contributed by atoms with Crippen LogP contribution in [0.15, 0.2) is 60.7 Å². The van der Waals surface area contributed by atoms with Crippen LogP contribution in [-0.4, -0.2) is 36.5 Å². The molecule has 1 aliphatic heterocycles. The van der Waals surface area contributed by atoms with Crippen LogP contribution < -0.4 is 4.67 Å². The maximum absolute atomic E-state index is 13.8. The number of likely N-dealkylation sites (N-methyl/N-ethyl adjacent to an activating group) is 2. The number of nitrogens with zero attached hydrogens (tertiary/aromatic N) is 3. The highest BCUT2D eigenvalue weighted by Crippen LogP contribution is 2.62. The van der Waals surface area contributed by atoms with Gasteiger partial charge in [0.2, 0.25) is 0 Å². The first-order valence-electron chi connectivity index (χ1n) is 7.08. The Labute approximate surface area is 126 Å². The Morgan fingerprint density at radius 1 is 0.810 bits per heavy atom. The summed E-state index contributed by atoms with van der Waals surface area (Å²) in [6.07, 6.45) is 0. The average molecular weight is 301 g/mol. The third-order valence-corrected chi connectivity index (χ3v) is 7.06. The van der Waals surface area contributed by atoms with Gasteiger partial charge in [0.1, 0.15) is 0 Å². The lowest BCUT2D eigenvalue weighted by atomic mass is 10.3. The molecule has 0 radical (unpaired) electrons. The number of para-hydroxylation sites is 2. The van der Waals surface area contributed by atoms with Gasteiger partial charge in [-0.1, -0.05) is 36.4 Å². The second-order valence-electron chi connectivity index (χ2n) is 5.26. The highest BCUT2D eigenvalue weighted by molar-refractivity contribution is 7.61. The molecule has 21 heavy (non-hydrogen) atoms. The van der Waals surface area contributed by atoms with Gasteiger partial charge in [0, 0.05) is 24.5 Å². The molecule has 0 aliphatic carbocycles. The minimum Gasteiger partial charge on any atom is -0.268 e. The van der Waals surface area contributed by atoms with Crippen molar-refractivity contribution in [3.63, 3.8) is 0 Å². The monoisotopic (exact) mass is 301 g/mol. The van der Waals surface area contributed by atoms with Crippen LogP contribution in [0.25, 0.3) is 0 Å². The number of hydrogen-bond acceptors (Lipinski definition) is 1. The second-order valence-corrected chi connectivity index (χ2v) is 8.05. The largest absolute Gasteiger partial charge is 0.315 e. The first-order valence-corrected chi connectivity index (χ1v) is 8.64. The molecule has 0 aromatic heterocycles. The van der Waals surface area contributed by atoms with Crippen LogP contribution >= 0.6 is 7.59 Å². The molecule has 0 spiro atoms. The molecule has 0 unspecified atom stereocenters. The minimum absolute atomic E-state index is 0.809. The van der Waals surface area contributed by atoms with E-state index < -0.39 is 7.59 Å². The van der Waals surface area contributed by atoms with Crippen LogP contribution in [0, 0.1) is 0 Å². The Bertz CT molecular complexity index is 594. The fourth-order valence-corrected chi connectivity index (χ4v) is 5.40. The standard InChI is InChI=1S/C16H20N3OP/c1-17-13-14-18(2)21(17,20)19(15-9-5-3-6-10-15)16-11-7-4-8-12-16/h3-12H,13-14H2,1-2H3. The molecule has 1 saturated heterocycles. The van der Waals surface area contributed by atoms with Crippen molar-refractivity contribution in [2.45, 2.75) is 0 Å². The molecule has 1 aliphatic rings. The van der Waals surface area contributed by atoms with Gasteiger partial charge in [-0.3, -0.25) is 9.24 Å². The lowest BCUT2D eigenvalue weighted by molar-refractivity contribution is 0.489. The second kappa shape index (κ2) is 5.64. The molecule has 0 saturated carbocycles. The summed E-state index contributed by atoms with van der Waals surface area (Å²) < 4.78 is 19.7. The van der Waals surface area contributed by atoms with Crippen LogP contribution in [0.1, 0.15) is 0 Å². The quantitative estimate of drug-likeness (QED) is 0.806. The molecule has 110 valence electrons. The molecule has 0 amide bonds. The molecule has 1 fully saturated rings. The van der Waals surface area contributed by atoms with Crippen molar-refractivity contribution < 1.29 is 4.57 Å².